The number of hydrogen-bond acceptors (Lipinski definition) is 5. The van der Waals surface area contributed by atoms with E-state index in [-0.39, 0.29) is 24.6 Å². The standard InChI is InChI=1S/C18H22N2O4S/c1-13-16(14(2)24-19-13)12-18(21)20-9-8-17(25(22,23)11-10-20)15-6-4-3-5-7-15/h3-7,17H,8-12H2,1-2H3. The number of aryl methyl sites for hydroxylation is 2. The third kappa shape index (κ3) is 3.76. The SMILES string of the molecule is Cc1noc(C)c1CC(=O)N1CCC(c2ccccc2)S(=O)(=O)CC1. The van der Waals surface area contributed by atoms with Crippen molar-refractivity contribution in [2.75, 3.05) is 18.8 Å². The molecule has 134 valence electrons. The minimum atomic E-state index is -3.28. The monoisotopic (exact) mass is 362 g/mol. The summed E-state index contributed by atoms with van der Waals surface area (Å²) in [6, 6.07) is 9.23. The Morgan fingerprint density at radius 3 is 2.60 bits per heavy atom. The highest BCUT2D eigenvalue weighted by Gasteiger charge is 2.32. The van der Waals surface area contributed by atoms with Crippen LogP contribution in [0.1, 0.15) is 34.3 Å². The van der Waals surface area contributed by atoms with E-state index in [2.05, 4.69) is 5.16 Å². The van der Waals surface area contributed by atoms with Crippen LogP contribution < -0.4 is 0 Å². The molecule has 6 nitrogen and oxygen atoms in total. The number of carbonyl (C=O) groups excluding carboxylic acids is 1. The summed E-state index contributed by atoms with van der Waals surface area (Å²) in [5, 5.41) is 3.32. The lowest BCUT2D eigenvalue weighted by molar-refractivity contribution is -0.130. The van der Waals surface area contributed by atoms with Crippen molar-refractivity contribution in [2.24, 2.45) is 0 Å². The smallest absolute Gasteiger partial charge is 0.227 e. The molecule has 1 aliphatic heterocycles. The number of aromatic nitrogens is 1. The van der Waals surface area contributed by atoms with Crippen LogP contribution >= 0.6 is 0 Å². The maximum absolute atomic E-state index is 12.6. The first-order valence-electron chi connectivity index (χ1n) is 8.34. The maximum atomic E-state index is 12.6. The Bertz CT molecular complexity index is 839. The van der Waals surface area contributed by atoms with E-state index in [0.29, 0.717) is 24.4 Å². The number of hydrogen-bond donors (Lipinski definition) is 0. The van der Waals surface area contributed by atoms with Gasteiger partial charge < -0.3 is 9.42 Å². The minimum Gasteiger partial charge on any atom is -0.361 e. The number of sulfone groups is 1. The molecule has 3 rings (SSSR count). The second-order valence-corrected chi connectivity index (χ2v) is 8.72. The van der Waals surface area contributed by atoms with Crippen molar-refractivity contribution in [1.82, 2.24) is 10.1 Å². The van der Waals surface area contributed by atoms with Gasteiger partial charge in [-0.2, -0.15) is 0 Å². The van der Waals surface area contributed by atoms with Crippen LogP contribution in [0.5, 0.6) is 0 Å². The van der Waals surface area contributed by atoms with E-state index >= 15 is 0 Å². The van der Waals surface area contributed by atoms with Gasteiger partial charge in [0.1, 0.15) is 5.76 Å². The molecule has 1 saturated heterocycles. The lowest BCUT2D eigenvalue weighted by Gasteiger charge is -2.20. The van der Waals surface area contributed by atoms with Gasteiger partial charge in [-0.15, -0.1) is 0 Å². The zero-order valence-electron chi connectivity index (χ0n) is 14.4. The van der Waals surface area contributed by atoms with Gasteiger partial charge in [-0.1, -0.05) is 35.5 Å². The van der Waals surface area contributed by atoms with Crippen molar-refractivity contribution >= 4 is 15.7 Å². The molecular formula is C18H22N2O4S. The zero-order valence-corrected chi connectivity index (χ0v) is 15.3. The molecule has 2 aromatic rings. The predicted molar refractivity (Wildman–Crippen MR) is 93.8 cm³/mol. The van der Waals surface area contributed by atoms with E-state index < -0.39 is 15.1 Å². The molecule has 0 bridgehead atoms. The zero-order chi connectivity index (χ0) is 18.0. The van der Waals surface area contributed by atoms with Crippen molar-refractivity contribution in [3.8, 4) is 0 Å². The van der Waals surface area contributed by atoms with E-state index in [9.17, 15) is 13.2 Å². The average Bonchev–Trinajstić information content (AvgIpc) is 2.80. The molecule has 25 heavy (non-hydrogen) atoms. The Labute approximate surface area is 147 Å². The van der Waals surface area contributed by atoms with Crippen LogP contribution in [0.15, 0.2) is 34.9 Å². The second-order valence-electron chi connectivity index (χ2n) is 6.42. The number of rotatable bonds is 3. The van der Waals surface area contributed by atoms with Gasteiger partial charge in [0, 0.05) is 18.7 Å². The number of carbonyl (C=O) groups is 1. The fourth-order valence-electron chi connectivity index (χ4n) is 3.25. The lowest BCUT2D eigenvalue weighted by Crippen LogP contribution is -2.34. The molecule has 0 radical (unpaired) electrons. The van der Waals surface area contributed by atoms with Crippen LogP contribution in [0.3, 0.4) is 0 Å². The Morgan fingerprint density at radius 1 is 1.24 bits per heavy atom. The Kier molecular flexibility index (Phi) is 4.94. The van der Waals surface area contributed by atoms with Gasteiger partial charge in [0.2, 0.25) is 5.91 Å². The summed E-state index contributed by atoms with van der Waals surface area (Å²) in [6.07, 6.45) is 0.608. The average molecular weight is 362 g/mol. The highest BCUT2D eigenvalue weighted by Crippen LogP contribution is 2.29. The van der Waals surface area contributed by atoms with Gasteiger partial charge in [-0.3, -0.25) is 4.79 Å². The topological polar surface area (TPSA) is 80.5 Å². The summed E-state index contributed by atoms with van der Waals surface area (Å²) >= 11 is 0. The summed E-state index contributed by atoms with van der Waals surface area (Å²) in [5.41, 5.74) is 2.29. The molecule has 0 spiro atoms. The summed E-state index contributed by atoms with van der Waals surface area (Å²) in [5.74, 6) is 0.536. The first-order chi connectivity index (χ1) is 11.9. The summed E-state index contributed by atoms with van der Waals surface area (Å²) in [7, 11) is -3.28. The van der Waals surface area contributed by atoms with Crippen LogP contribution in [-0.4, -0.2) is 43.2 Å². The molecule has 1 amide bonds. The first-order valence-corrected chi connectivity index (χ1v) is 10.1. The fraction of sp³-hybridized carbons (Fsp3) is 0.444. The van der Waals surface area contributed by atoms with E-state index in [1.54, 1.807) is 18.7 Å². The molecule has 1 aliphatic rings. The van der Waals surface area contributed by atoms with Crippen LogP contribution in [0.2, 0.25) is 0 Å². The molecule has 1 aromatic heterocycles. The summed E-state index contributed by atoms with van der Waals surface area (Å²) in [4.78, 5) is 14.3. The van der Waals surface area contributed by atoms with Crippen molar-refractivity contribution in [3.63, 3.8) is 0 Å². The predicted octanol–water partition coefficient (Wildman–Crippen LogP) is 2.22. The van der Waals surface area contributed by atoms with Gasteiger partial charge >= 0.3 is 0 Å². The number of amides is 1. The van der Waals surface area contributed by atoms with Crippen LogP contribution in [0, 0.1) is 13.8 Å². The van der Waals surface area contributed by atoms with E-state index in [0.717, 1.165) is 11.1 Å². The third-order valence-electron chi connectivity index (χ3n) is 4.77. The summed E-state index contributed by atoms with van der Waals surface area (Å²) in [6.45, 7) is 4.24. The Hall–Kier alpha value is -2.15. The highest BCUT2D eigenvalue weighted by atomic mass is 32.2. The largest absolute Gasteiger partial charge is 0.361 e. The third-order valence-corrected chi connectivity index (χ3v) is 6.90. The summed E-state index contributed by atoms with van der Waals surface area (Å²) < 4.78 is 30.4. The van der Waals surface area contributed by atoms with Crippen molar-refractivity contribution < 1.29 is 17.7 Å². The van der Waals surface area contributed by atoms with Gasteiger partial charge in [-0.25, -0.2) is 8.42 Å². The number of benzene rings is 1. The van der Waals surface area contributed by atoms with Crippen LogP contribution in [0.25, 0.3) is 0 Å². The van der Waals surface area contributed by atoms with Gasteiger partial charge in [0.25, 0.3) is 0 Å². The molecule has 1 aromatic carbocycles. The quantitative estimate of drug-likeness (QED) is 0.836. The molecule has 0 aliphatic carbocycles. The van der Waals surface area contributed by atoms with Gasteiger partial charge in [-0.05, 0) is 25.8 Å². The number of nitrogens with zero attached hydrogens (tertiary/aromatic N) is 2. The fourth-order valence-corrected chi connectivity index (χ4v) is 5.05. The molecule has 7 heteroatoms. The molecule has 0 saturated carbocycles. The van der Waals surface area contributed by atoms with E-state index in [4.69, 9.17) is 4.52 Å². The highest BCUT2D eigenvalue weighted by molar-refractivity contribution is 7.91. The second kappa shape index (κ2) is 7.00. The van der Waals surface area contributed by atoms with Crippen LogP contribution in [0.4, 0.5) is 0 Å². The molecule has 2 heterocycles. The van der Waals surface area contributed by atoms with Crippen molar-refractivity contribution in [1.29, 1.82) is 0 Å². The Morgan fingerprint density at radius 2 is 1.96 bits per heavy atom. The van der Waals surface area contributed by atoms with E-state index in [1.165, 1.54) is 0 Å². The molecular weight excluding hydrogens is 340 g/mol. The molecule has 1 unspecified atom stereocenters. The lowest BCUT2D eigenvalue weighted by atomic mass is 10.1. The first kappa shape index (κ1) is 17.7. The van der Waals surface area contributed by atoms with E-state index in [1.807, 2.05) is 30.3 Å². The van der Waals surface area contributed by atoms with Crippen molar-refractivity contribution in [2.45, 2.75) is 31.9 Å². The molecule has 1 fully saturated rings. The normalized spacial score (nSPS) is 20.2. The van der Waals surface area contributed by atoms with Gasteiger partial charge in [0.15, 0.2) is 9.84 Å². The van der Waals surface area contributed by atoms with Crippen LogP contribution in [-0.2, 0) is 21.1 Å². The van der Waals surface area contributed by atoms with Crippen molar-refractivity contribution in [3.05, 3.63) is 52.9 Å². The molecule has 1 atom stereocenters. The van der Waals surface area contributed by atoms with Gasteiger partial charge in [0.05, 0.1) is 23.1 Å². The Balaban J connectivity index is 1.75. The minimum absolute atomic E-state index is 0.0140. The molecule has 0 N–H and O–H groups in total. The maximum Gasteiger partial charge on any atom is 0.227 e.